The van der Waals surface area contributed by atoms with Gasteiger partial charge in [-0.05, 0) is 43.2 Å². The van der Waals surface area contributed by atoms with Gasteiger partial charge in [-0.2, -0.15) is 0 Å². The maximum Gasteiger partial charge on any atom is 0.268 e. The molecular formula is C24H23F4N3O3. The smallest absolute Gasteiger partial charge is 0.268 e. The zero-order valence-electron chi connectivity index (χ0n) is 18.0. The molecule has 2 fully saturated rings. The fourth-order valence-electron chi connectivity index (χ4n) is 5.08. The number of nitrogens with two attached hydrogens (primary N) is 1. The van der Waals surface area contributed by atoms with Gasteiger partial charge in [0.05, 0.1) is 17.5 Å². The monoisotopic (exact) mass is 477 g/mol. The third-order valence-corrected chi connectivity index (χ3v) is 6.72. The Labute approximate surface area is 191 Å². The number of nitrogens with zero attached hydrogens (tertiary/aromatic N) is 1. The first-order valence-electron chi connectivity index (χ1n) is 10.9. The maximum absolute atomic E-state index is 13.9. The van der Waals surface area contributed by atoms with Gasteiger partial charge in [-0.15, -0.1) is 0 Å². The molecule has 0 aliphatic heterocycles. The van der Waals surface area contributed by atoms with Crippen LogP contribution in [0.15, 0.2) is 41.3 Å². The number of benzene rings is 1. The van der Waals surface area contributed by atoms with E-state index in [0.717, 1.165) is 6.07 Å². The van der Waals surface area contributed by atoms with Gasteiger partial charge in [-0.1, -0.05) is 12.1 Å². The van der Waals surface area contributed by atoms with Crippen molar-refractivity contribution in [3.8, 4) is 0 Å². The highest BCUT2D eigenvalue weighted by Gasteiger charge is 2.54. The first-order chi connectivity index (χ1) is 16.1. The van der Waals surface area contributed by atoms with Crippen molar-refractivity contribution in [3.05, 3.63) is 75.3 Å². The lowest BCUT2D eigenvalue weighted by molar-refractivity contribution is -0.0412. The summed E-state index contributed by atoms with van der Waals surface area (Å²) in [5.74, 6) is -5.93. The third-order valence-electron chi connectivity index (χ3n) is 6.72. The minimum atomic E-state index is -2.60. The molecule has 2 aromatic heterocycles. The second-order valence-corrected chi connectivity index (χ2v) is 8.74. The van der Waals surface area contributed by atoms with E-state index in [2.05, 4.69) is 9.97 Å². The van der Waals surface area contributed by atoms with Gasteiger partial charge in [0.1, 0.15) is 5.69 Å². The van der Waals surface area contributed by atoms with Gasteiger partial charge in [-0.25, -0.2) is 17.6 Å². The molecule has 10 heteroatoms. The second kappa shape index (κ2) is 9.17. The fraction of sp³-hybridized carbons (Fsp3) is 0.375. The topological polar surface area (TPSA) is 109 Å². The van der Waals surface area contributed by atoms with Crippen LogP contribution < -0.4 is 11.2 Å². The Morgan fingerprint density at radius 2 is 2.00 bits per heavy atom. The highest BCUT2D eigenvalue weighted by atomic mass is 19.3. The lowest BCUT2D eigenvalue weighted by Crippen LogP contribution is -2.22. The van der Waals surface area contributed by atoms with Crippen LogP contribution in [0.4, 0.5) is 17.6 Å². The van der Waals surface area contributed by atoms with Crippen molar-refractivity contribution in [2.24, 2.45) is 17.6 Å². The van der Waals surface area contributed by atoms with Gasteiger partial charge < -0.3 is 15.8 Å². The molecule has 0 bridgehead atoms. The summed E-state index contributed by atoms with van der Waals surface area (Å²) in [5.41, 5.74) is 5.93. The summed E-state index contributed by atoms with van der Waals surface area (Å²) in [6.45, 7) is -0.469. The Bertz CT molecular complexity index is 1290. The molecule has 2 heterocycles. The van der Waals surface area contributed by atoms with E-state index in [1.807, 2.05) is 0 Å². The normalized spacial score (nSPS) is 22.8. The number of aliphatic hydroxyl groups excluding tert-OH is 1. The van der Waals surface area contributed by atoms with Crippen LogP contribution in [0, 0.1) is 23.5 Å². The van der Waals surface area contributed by atoms with Crippen LogP contribution in [-0.4, -0.2) is 26.9 Å². The Kier molecular flexibility index (Phi) is 6.44. The predicted octanol–water partition coefficient (Wildman–Crippen LogP) is 4.02. The number of carbonyl (C=O) groups is 1. The molecule has 180 valence electrons. The van der Waals surface area contributed by atoms with E-state index >= 15 is 0 Å². The number of amides is 1. The molecule has 3 atom stereocenters. The summed E-state index contributed by atoms with van der Waals surface area (Å²) in [5, 5.41) is 8.59. The molecule has 34 heavy (non-hydrogen) atoms. The molecular weight excluding hydrogens is 454 g/mol. The zero-order valence-corrected chi connectivity index (χ0v) is 18.0. The van der Waals surface area contributed by atoms with Crippen molar-refractivity contribution < 1.29 is 27.5 Å². The molecule has 3 aromatic rings. The van der Waals surface area contributed by atoms with E-state index in [1.165, 1.54) is 24.4 Å². The lowest BCUT2D eigenvalue weighted by atomic mass is 9.97. The number of hydrogen-bond donors (Lipinski definition) is 3. The van der Waals surface area contributed by atoms with Gasteiger partial charge in [-0.3, -0.25) is 14.6 Å². The van der Waals surface area contributed by atoms with Crippen molar-refractivity contribution in [3.63, 3.8) is 0 Å². The molecule has 2 aliphatic rings. The fourth-order valence-corrected chi connectivity index (χ4v) is 5.08. The highest BCUT2D eigenvalue weighted by Crippen LogP contribution is 2.56. The number of aromatic amines is 1. The molecule has 1 amide bonds. The van der Waals surface area contributed by atoms with Crippen molar-refractivity contribution in [1.82, 2.24) is 9.97 Å². The van der Waals surface area contributed by atoms with Crippen molar-refractivity contribution in [2.75, 3.05) is 0 Å². The first-order valence-corrected chi connectivity index (χ1v) is 10.9. The van der Waals surface area contributed by atoms with E-state index < -0.39 is 36.0 Å². The van der Waals surface area contributed by atoms with E-state index in [4.69, 9.17) is 10.8 Å². The Hall–Kier alpha value is -3.27. The standard InChI is InChI=1S/C17H17F2N3O2.C7H6F2O/c18-17(19)3-1-8-5-9(6-10(8)17)12-7-13(23)14-11(22-12)2-4-21-15(14)16(20)24;8-6-3-1-2-5(4-10)7(6)9/h2,4,7-10H,1,3,5-6H2,(H2,20,24)(H,22,23);1-3,10H,4H2. The molecule has 1 aromatic carbocycles. The molecule has 0 spiro atoms. The summed E-state index contributed by atoms with van der Waals surface area (Å²) >= 11 is 0. The first kappa shape index (κ1) is 23.9. The highest BCUT2D eigenvalue weighted by molar-refractivity contribution is 6.03. The second-order valence-electron chi connectivity index (χ2n) is 8.74. The van der Waals surface area contributed by atoms with E-state index in [-0.39, 0.29) is 40.3 Å². The summed E-state index contributed by atoms with van der Waals surface area (Å²) in [6.07, 6.45) is 2.96. The zero-order chi connectivity index (χ0) is 24.6. The van der Waals surface area contributed by atoms with Crippen LogP contribution in [0.5, 0.6) is 0 Å². The van der Waals surface area contributed by atoms with Crippen LogP contribution in [0.25, 0.3) is 10.9 Å². The SMILES string of the molecule is NC(=O)c1nccc2[nH]c(C3CC4CCC(F)(F)C4C3)cc(=O)c12.OCc1cccc(F)c1F. The number of primary amides is 1. The number of H-pyrrole nitrogens is 1. The number of rotatable bonds is 3. The van der Waals surface area contributed by atoms with Crippen molar-refractivity contribution in [2.45, 2.75) is 44.1 Å². The van der Waals surface area contributed by atoms with Gasteiger partial charge in [0, 0.05) is 35.9 Å². The van der Waals surface area contributed by atoms with E-state index in [1.54, 1.807) is 6.07 Å². The van der Waals surface area contributed by atoms with Gasteiger partial charge in [0.25, 0.3) is 11.8 Å². The lowest BCUT2D eigenvalue weighted by Gasteiger charge is -2.18. The number of pyridine rings is 2. The van der Waals surface area contributed by atoms with Gasteiger partial charge in [0.2, 0.25) is 0 Å². The molecule has 2 aliphatic carbocycles. The van der Waals surface area contributed by atoms with Crippen LogP contribution in [0.2, 0.25) is 0 Å². The van der Waals surface area contributed by atoms with Gasteiger partial charge >= 0.3 is 0 Å². The van der Waals surface area contributed by atoms with Crippen molar-refractivity contribution in [1.29, 1.82) is 0 Å². The quantitative estimate of drug-likeness (QED) is 0.495. The van der Waals surface area contributed by atoms with E-state index in [0.29, 0.717) is 30.5 Å². The summed E-state index contributed by atoms with van der Waals surface area (Å²) in [6, 6.07) is 6.69. The van der Waals surface area contributed by atoms with E-state index in [9.17, 15) is 27.2 Å². The Morgan fingerprint density at radius 3 is 2.65 bits per heavy atom. The number of nitrogens with one attached hydrogen (secondary N) is 1. The number of carbonyl (C=O) groups excluding carboxylic acids is 1. The largest absolute Gasteiger partial charge is 0.392 e. The Balaban J connectivity index is 0.000000231. The average Bonchev–Trinajstić information content (AvgIpc) is 3.36. The molecule has 3 unspecified atom stereocenters. The van der Waals surface area contributed by atoms with Gasteiger partial charge in [0.15, 0.2) is 17.1 Å². The predicted molar refractivity (Wildman–Crippen MR) is 116 cm³/mol. The molecule has 5 rings (SSSR count). The molecule has 4 N–H and O–H groups in total. The number of aromatic nitrogens is 2. The summed E-state index contributed by atoms with van der Waals surface area (Å²) < 4.78 is 52.6. The average molecular weight is 477 g/mol. The van der Waals surface area contributed by atoms with Crippen LogP contribution in [0.3, 0.4) is 0 Å². The summed E-state index contributed by atoms with van der Waals surface area (Å²) in [4.78, 5) is 30.9. The van der Waals surface area contributed by atoms with Crippen molar-refractivity contribution >= 4 is 16.8 Å². The molecule has 0 radical (unpaired) electrons. The molecule has 0 saturated heterocycles. The summed E-state index contributed by atoms with van der Waals surface area (Å²) in [7, 11) is 0. The van der Waals surface area contributed by atoms with Crippen LogP contribution in [-0.2, 0) is 6.61 Å². The molecule has 2 saturated carbocycles. The molecule has 6 nitrogen and oxygen atoms in total. The number of fused-ring (bicyclic) bond motifs is 2. The number of halogens is 4. The minimum absolute atomic E-state index is 0.0139. The van der Waals surface area contributed by atoms with Crippen LogP contribution in [0.1, 0.15) is 53.3 Å². The number of aliphatic hydroxyl groups is 1. The third kappa shape index (κ3) is 4.42. The maximum atomic E-state index is 13.9. The minimum Gasteiger partial charge on any atom is -0.392 e. The number of hydrogen-bond acceptors (Lipinski definition) is 4. The van der Waals surface area contributed by atoms with Crippen LogP contribution >= 0.6 is 0 Å². The number of alkyl halides is 2. The Morgan fingerprint density at radius 1 is 1.24 bits per heavy atom.